The molecule has 0 saturated heterocycles. The van der Waals surface area contributed by atoms with Gasteiger partial charge in [0.2, 0.25) is 5.89 Å². The third-order valence-corrected chi connectivity index (χ3v) is 2.30. The summed E-state index contributed by atoms with van der Waals surface area (Å²) < 4.78 is 4.84. The number of nitro benzene ring substituents is 1. The van der Waals surface area contributed by atoms with Gasteiger partial charge in [0.1, 0.15) is 0 Å². The van der Waals surface area contributed by atoms with Gasteiger partial charge < -0.3 is 9.84 Å². The molecule has 0 spiro atoms. The number of nitro groups is 1. The quantitative estimate of drug-likeness (QED) is 0.641. The second-order valence-electron chi connectivity index (χ2n) is 3.71. The highest BCUT2D eigenvalue weighted by atomic mass is 16.6. The molecule has 2 rings (SSSR count). The predicted molar refractivity (Wildman–Crippen MR) is 64.3 cm³/mol. The topological polar surface area (TPSA) is 94.1 Å². The minimum atomic E-state index is -0.423. The maximum absolute atomic E-state index is 10.6. The van der Waals surface area contributed by atoms with Crippen molar-refractivity contribution >= 4 is 11.4 Å². The average Bonchev–Trinajstić information content (AvgIpc) is 2.75. The Labute approximate surface area is 103 Å². The maximum Gasteiger partial charge on any atom is 0.271 e. The molecule has 1 heterocycles. The zero-order valence-corrected chi connectivity index (χ0v) is 9.79. The third-order valence-electron chi connectivity index (χ3n) is 2.30. The van der Waals surface area contributed by atoms with Gasteiger partial charge in [-0.2, -0.15) is 4.98 Å². The molecule has 0 unspecified atom stereocenters. The highest BCUT2D eigenvalue weighted by Crippen LogP contribution is 2.16. The van der Waals surface area contributed by atoms with Crippen LogP contribution in [0, 0.1) is 17.0 Å². The summed E-state index contributed by atoms with van der Waals surface area (Å²) in [5.74, 6) is 1.14. The maximum atomic E-state index is 10.6. The van der Waals surface area contributed by atoms with Crippen molar-refractivity contribution in [3.63, 3.8) is 0 Å². The van der Waals surface area contributed by atoms with Gasteiger partial charge in [0.15, 0.2) is 5.82 Å². The molecule has 0 aliphatic rings. The second-order valence-corrected chi connectivity index (χ2v) is 3.71. The number of non-ortho nitro benzene ring substituents is 1. The van der Waals surface area contributed by atoms with Crippen molar-refractivity contribution < 1.29 is 9.45 Å². The van der Waals surface area contributed by atoms with E-state index < -0.39 is 4.92 Å². The molecular weight excluding hydrogens is 236 g/mol. The molecule has 1 aromatic heterocycles. The van der Waals surface area contributed by atoms with Gasteiger partial charge in [-0.05, 0) is 6.07 Å². The summed E-state index contributed by atoms with van der Waals surface area (Å²) in [6, 6.07) is 6.35. The lowest BCUT2D eigenvalue weighted by molar-refractivity contribution is -0.384. The fraction of sp³-hybridized carbons (Fsp3) is 0.273. The Morgan fingerprint density at radius 2 is 2.33 bits per heavy atom. The standard InChI is InChI=1S/C11H12N4O3/c1-8-13-11(14-18-8)5-6-12-9-3-2-4-10(7-9)15(16)17/h2-4,7,12H,5-6H2,1H3. The molecule has 0 radical (unpaired) electrons. The Hall–Kier alpha value is -2.44. The summed E-state index contributed by atoms with van der Waals surface area (Å²) in [5.41, 5.74) is 0.764. The molecule has 0 aliphatic carbocycles. The van der Waals surface area contributed by atoms with E-state index in [0.717, 1.165) is 0 Å². The molecule has 0 amide bonds. The van der Waals surface area contributed by atoms with Gasteiger partial charge in [-0.1, -0.05) is 11.2 Å². The van der Waals surface area contributed by atoms with Gasteiger partial charge in [0.25, 0.3) is 5.69 Å². The number of aryl methyl sites for hydroxylation is 1. The number of hydrogen-bond acceptors (Lipinski definition) is 6. The van der Waals surface area contributed by atoms with Crippen LogP contribution in [0.2, 0.25) is 0 Å². The van der Waals surface area contributed by atoms with Crippen molar-refractivity contribution in [2.24, 2.45) is 0 Å². The molecule has 7 nitrogen and oxygen atoms in total. The highest BCUT2D eigenvalue weighted by molar-refractivity contribution is 5.50. The zero-order valence-electron chi connectivity index (χ0n) is 9.79. The van der Waals surface area contributed by atoms with Crippen molar-refractivity contribution in [3.8, 4) is 0 Å². The minimum Gasteiger partial charge on any atom is -0.384 e. The first-order valence-electron chi connectivity index (χ1n) is 5.42. The van der Waals surface area contributed by atoms with Crippen LogP contribution in [0.1, 0.15) is 11.7 Å². The van der Waals surface area contributed by atoms with E-state index in [1.807, 2.05) is 0 Å². The molecule has 0 bridgehead atoms. The lowest BCUT2D eigenvalue weighted by atomic mass is 10.2. The van der Waals surface area contributed by atoms with Gasteiger partial charge in [-0.3, -0.25) is 10.1 Å². The fourth-order valence-electron chi connectivity index (χ4n) is 1.49. The van der Waals surface area contributed by atoms with Crippen LogP contribution in [0.25, 0.3) is 0 Å². The van der Waals surface area contributed by atoms with E-state index in [0.29, 0.717) is 30.4 Å². The number of anilines is 1. The van der Waals surface area contributed by atoms with Crippen molar-refractivity contribution in [3.05, 3.63) is 46.1 Å². The van der Waals surface area contributed by atoms with E-state index in [1.54, 1.807) is 19.1 Å². The van der Waals surface area contributed by atoms with E-state index >= 15 is 0 Å². The third kappa shape index (κ3) is 3.03. The summed E-state index contributed by atoms with van der Waals surface area (Å²) >= 11 is 0. The number of nitrogens with zero attached hydrogens (tertiary/aromatic N) is 3. The lowest BCUT2D eigenvalue weighted by Gasteiger charge is -2.03. The van der Waals surface area contributed by atoms with E-state index in [-0.39, 0.29) is 5.69 Å². The SMILES string of the molecule is Cc1nc(CCNc2cccc([N+](=O)[O-])c2)no1. The summed E-state index contributed by atoms with van der Waals surface area (Å²) in [4.78, 5) is 14.2. The second kappa shape index (κ2) is 5.26. The molecule has 0 atom stereocenters. The number of rotatable bonds is 5. The van der Waals surface area contributed by atoms with Crippen LogP contribution in [-0.4, -0.2) is 21.6 Å². The Balaban J connectivity index is 1.90. The van der Waals surface area contributed by atoms with E-state index in [2.05, 4.69) is 15.5 Å². The van der Waals surface area contributed by atoms with Gasteiger partial charge in [0.05, 0.1) is 4.92 Å². The summed E-state index contributed by atoms with van der Waals surface area (Å²) in [6.45, 7) is 2.31. The first-order valence-corrected chi connectivity index (χ1v) is 5.42. The summed E-state index contributed by atoms with van der Waals surface area (Å²) in [7, 11) is 0. The van der Waals surface area contributed by atoms with Gasteiger partial charge in [-0.15, -0.1) is 0 Å². The van der Waals surface area contributed by atoms with Crippen LogP contribution in [0.15, 0.2) is 28.8 Å². The largest absolute Gasteiger partial charge is 0.384 e. The minimum absolute atomic E-state index is 0.0652. The van der Waals surface area contributed by atoms with Crippen LogP contribution in [0.4, 0.5) is 11.4 Å². The first kappa shape index (κ1) is 12.0. The van der Waals surface area contributed by atoms with Gasteiger partial charge >= 0.3 is 0 Å². The normalized spacial score (nSPS) is 10.3. The molecule has 2 aromatic rings. The molecule has 7 heteroatoms. The zero-order chi connectivity index (χ0) is 13.0. The van der Waals surface area contributed by atoms with Crippen LogP contribution in [-0.2, 0) is 6.42 Å². The highest BCUT2D eigenvalue weighted by Gasteiger charge is 2.06. The molecule has 94 valence electrons. The first-order chi connectivity index (χ1) is 8.65. The predicted octanol–water partition coefficient (Wildman–Crippen LogP) is 1.94. The van der Waals surface area contributed by atoms with Crippen molar-refractivity contribution in [1.82, 2.24) is 10.1 Å². The van der Waals surface area contributed by atoms with Crippen molar-refractivity contribution in [2.75, 3.05) is 11.9 Å². The van der Waals surface area contributed by atoms with Crippen LogP contribution in [0.5, 0.6) is 0 Å². The fourth-order valence-corrected chi connectivity index (χ4v) is 1.49. The Morgan fingerprint density at radius 1 is 1.50 bits per heavy atom. The Morgan fingerprint density at radius 3 is 3.00 bits per heavy atom. The van der Waals surface area contributed by atoms with Crippen LogP contribution < -0.4 is 5.32 Å². The lowest BCUT2D eigenvalue weighted by Crippen LogP contribution is -2.06. The van der Waals surface area contributed by atoms with Crippen LogP contribution in [0.3, 0.4) is 0 Å². The van der Waals surface area contributed by atoms with Crippen molar-refractivity contribution in [2.45, 2.75) is 13.3 Å². The summed E-state index contributed by atoms with van der Waals surface area (Å²) in [6.07, 6.45) is 0.597. The number of benzene rings is 1. The van der Waals surface area contributed by atoms with E-state index in [9.17, 15) is 10.1 Å². The van der Waals surface area contributed by atoms with Gasteiger partial charge in [0, 0.05) is 37.7 Å². The number of hydrogen-bond donors (Lipinski definition) is 1. The monoisotopic (exact) mass is 248 g/mol. The molecule has 0 saturated carbocycles. The number of aromatic nitrogens is 2. The molecule has 0 fully saturated rings. The Bertz CT molecular complexity index is 553. The summed E-state index contributed by atoms with van der Waals surface area (Å²) in [5, 5.41) is 17.4. The molecule has 0 aliphatic heterocycles. The number of nitrogens with one attached hydrogen (secondary N) is 1. The van der Waals surface area contributed by atoms with Crippen molar-refractivity contribution in [1.29, 1.82) is 0 Å². The van der Waals surface area contributed by atoms with Gasteiger partial charge in [-0.25, -0.2) is 0 Å². The molecule has 18 heavy (non-hydrogen) atoms. The smallest absolute Gasteiger partial charge is 0.271 e. The average molecular weight is 248 g/mol. The van der Waals surface area contributed by atoms with Crippen LogP contribution >= 0.6 is 0 Å². The molecule has 1 N–H and O–H groups in total. The van der Waals surface area contributed by atoms with E-state index in [1.165, 1.54) is 12.1 Å². The molecular formula is C11H12N4O3. The van der Waals surface area contributed by atoms with E-state index in [4.69, 9.17) is 4.52 Å². The molecule has 1 aromatic carbocycles. The Kier molecular flexibility index (Phi) is 3.52.